The van der Waals surface area contributed by atoms with Crippen LogP contribution in [0.1, 0.15) is 85.1 Å². The first kappa shape index (κ1) is 17.6. The van der Waals surface area contributed by atoms with Crippen LogP contribution in [0.4, 0.5) is 0 Å². The van der Waals surface area contributed by atoms with E-state index in [2.05, 4.69) is 11.9 Å². The summed E-state index contributed by atoms with van der Waals surface area (Å²) in [6.45, 7) is 5.41. The minimum Gasteiger partial charge on any atom is -0.336 e. The number of carbonyl (C=O) groups is 2. The molecule has 1 aromatic rings. The molecular formula is C20H30N4O2. The van der Waals surface area contributed by atoms with Crippen LogP contribution in [-0.4, -0.2) is 56.8 Å². The first-order chi connectivity index (χ1) is 12.7. The highest BCUT2D eigenvalue weighted by atomic mass is 16.2. The molecule has 0 radical (unpaired) electrons. The van der Waals surface area contributed by atoms with E-state index in [1.807, 2.05) is 14.4 Å². The van der Waals surface area contributed by atoms with E-state index < -0.39 is 0 Å². The number of aromatic nitrogens is 2. The fourth-order valence-electron chi connectivity index (χ4n) is 4.77. The lowest BCUT2D eigenvalue weighted by Crippen LogP contribution is -2.44. The van der Waals surface area contributed by atoms with E-state index in [4.69, 9.17) is 0 Å². The molecule has 6 heteroatoms. The summed E-state index contributed by atoms with van der Waals surface area (Å²) in [5.41, 5.74) is 1.54. The highest BCUT2D eigenvalue weighted by Crippen LogP contribution is 2.27. The van der Waals surface area contributed by atoms with E-state index in [0.29, 0.717) is 17.6 Å². The summed E-state index contributed by atoms with van der Waals surface area (Å²) >= 11 is 0. The molecule has 1 aromatic heterocycles. The second-order valence-electron chi connectivity index (χ2n) is 7.90. The van der Waals surface area contributed by atoms with Crippen LogP contribution in [0.2, 0.25) is 0 Å². The van der Waals surface area contributed by atoms with Gasteiger partial charge in [-0.3, -0.25) is 9.59 Å². The third kappa shape index (κ3) is 3.03. The van der Waals surface area contributed by atoms with Gasteiger partial charge in [-0.1, -0.05) is 6.92 Å². The van der Waals surface area contributed by atoms with Gasteiger partial charge in [0.05, 0.1) is 5.69 Å². The van der Waals surface area contributed by atoms with Crippen LogP contribution in [-0.2, 0) is 13.0 Å². The van der Waals surface area contributed by atoms with Gasteiger partial charge in [0.2, 0.25) is 0 Å². The van der Waals surface area contributed by atoms with Gasteiger partial charge in [-0.2, -0.15) is 0 Å². The summed E-state index contributed by atoms with van der Waals surface area (Å²) in [5.74, 6) is 0.549. The SMILES string of the molecule is CCC1CCCCN1C(=O)c1nc(C(=O)N2CCCC2)n2c1CCCC2. The molecule has 1 atom stereocenters. The van der Waals surface area contributed by atoms with Gasteiger partial charge in [0.15, 0.2) is 5.82 Å². The van der Waals surface area contributed by atoms with Crippen molar-refractivity contribution in [2.45, 2.75) is 77.3 Å². The highest BCUT2D eigenvalue weighted by molar-refractivity contribution is 5.97. The molecule has 3 aliphatic heterocycles. The Morgan fingerprint density at radius 1 is 0.962 bits per heavy atom. The number of carbonyl (C=O) groups excluding carboxylic acids is 2. The zero-order chi connectivity index (χ0) is 18.1. The van der Waals surface area contributed by atoms with Crippen molar-refractivity contribution in [3.8, 4) is 0 Å². The van der Waals surface area contributed by atoms with Gasteiger partial charge in [0.25, 0.3) is 11.8 Å². The van der Waals surface area contributed by atoms with E-state index in [0.717, 1.165) is 83.2 Å². The quantitative estimate of drug-likeness (QED) is 0.835. The Kier molecular flexibility index (Phi) is 5.00. The average Bonchev–Trinajstić information content (AvgIpc) is 3.35. The molecule has 6 nitrogen and oxygen atoms in total. The van der Waals surface area contributed by atoms with Crippen molar-refractivity contribution in [2.24, 2.45) is 0 Å². The van der Waals surface area contributed by atoms with E-state index >= 15 is 0 Å². The Labute approximate surface area is 155 Å². The van der Waals surface area contributed by atoms with Crippen molar-refractivity contribution >= 4 is 11.8 Å². The Morgan fingerprint density at radius 3 is 2.46 bits per heavy atom. The van der Waals surface area contributed by atoms with Crippen LogP contribution in [0.5, 0.6) is 0 Å². The van der Waals surface area contributed by atoms with E-state index in [1.165, 1.54) is 6.42 Å². The van der Waals surface area contributed by atoms with E-state index in [1.54, 1.807) is 0 Å². The van der Waals surface area contributed by atoms with Gasteiger partial charge in [0.1, 0.15) is 5.69 Å². The van der Waals surface area contributed by atoms with Crippen molar-refractivity contribution in [3.05, 3.63) is 17.2 Å². The second kappa shape index (κ2) is 7.41. The van der Waals surface area contributed by atoms with Gasteiger partial charge in [0, 0.05) is 32.2 Å². The third-order valence-electron chi connectivity index (χ3n) is 6.26. The third-order valence-corrected chi connectivity index (χ3v) is 6.26. The molecule has 4 rings (SSSR count). The Morgan fingerprint density at radius 2 is 1.69 bits per heavy atom. The molecule has 2 amide bonds. The van der Waals surface area contributed by atoms with Gasteiger partial charge < -0.3 is 14.4 Å². The molecule has 0 saturated carbocycles. The highest BCUT2D eigenvalue weighted by Gasteiger charge is 2.34. The van der Waals surface area contributed by atoms with Gasteiger partial charge in [-0.15, -0.1) is 0 Å². The molecule has 4 heterocycles. The van der Waals surface area contributed by atoms with Gasteiger partial charge >= 0.3 is 0 Å². The molecule has 2 fully saturated rings. The van der Waals surface area contributed by atoms with Crippen LogP contribution >= 0.6 is 0 Å². The molecular weight excluding hydrogens is 328 g/mol. The average molecular weight is 358 g/mol. The molecule has 0 aromatic carbocycles. The second-order valence-corrected chi connectivity index (χ2v) is 7.90. The summed E-state index contributed by atoms with van der Waals surface area (Å²) < 4.78 is 2.04. The molecule has 0 N–H and O–H groups in total. The summed E-state index contributed by atoms with van der Waals surface area (Å²) in [5, 5.41) is 0. The Balaban J connectivity index is 1.67. The smallest absolute Gasteiger partial charge is 0.289 e. The molecule has 26 heavy (non-hydrogen) atoms. The van der Waals surface area contributed by atoms with Crippen LogP contribution in [0.25, 0.3) is 0 Å². The Hall–Kier alpha value is -1.85. The maximum atomic E-state index is 13.3. The zero-order valence-corrected chi connectivity index (χ0v) is 15.9. The minimum atomic E-state index is 0.00962. The first-order valence-electron chi connectivity index (χ1n) is 10.4. The van der Waals surface area contributed by atoms with Gasteiger partial charge in [-0.05, 0) is 57.8 Å². The lowest BCUT2D eigenvalue weighted by molar-refractivity contribution is 0.0600. The number of piperidine rings is 1. The van der Waals surface area contributed by atoms with Crippen molar-refractivity contribution in [2.75, 3.05) is 19.6 Å². The van der Waals surface area contributed by atoms with Crippen LogP contribution in [0.3, 0.4) is 0 Å². The van der Waals surface area contributed by atoms with Crippen LogP contribution in [0, 0.1) is 0 Å². The van der Waals surface area contributed by atoms with Crippen molar-refractivity contribution in [1.29, 1.82) is 0 Å². The predicted molar refractivity (Wildman–Crippen MR) is 99.3 cm³/mol. The maximum absolute atomic E-state index is 13.3. The van der Waals surface area contributed by atoms with Crippen LogP contribution < -0.4 is 0 Å². The summed E-state index contributed by atoms with van der Waals surface area (Å²) in [7, 11) is 0. The topological polar surface area (TPSA) is 58.4 Å². The fourth-order valence-corrected chi connectivity index (χ4v) is 4.77. The van der Waals surface area contributed by atoms with Crippen molar-refractivity contribution < 1.29 is 9.59 Å². The maximum Gasteiger partial charge on any atom is 0.289 e. The van der Waals surface area contributed by atoms with Crippen LogP contribution in [0.15, 0.2) is 0 Å². The standard InChI is InChI=1S/C20H30N4O2/c1-2-15-9-3-5-13-23(15)19(25)17-16-10-4-6-14-24(16)18(21-17)20(26)22-11-7-8-12-22/h15H,2-14H2,1H3. The van der Waals surface area contributed by atoms with E-state index in [-0.39, 0.29) is 11.8 Å². The first-order valence-corrected chi connectivity index (χ1v) is 10.4. The fraction of sp³-hybridized carbons (Fsp3) is 0.750. The molecule has 0 bridgehead atoms. The predicted octanol–water partition coefficient (Wildman–Crippen LogP) is 2.86. The number of fused-ring (bicyclic) bond motifs is 1. The largest absolute Gasteiger partial charge is 0.336 e. The number of amides is 2. The van der Waals surface area contributed by atoms with Gasteiger partial charge in [-0.25, -0.2) is 4.98 Å². The number of nitrogens with zero attached hydrogens (tertiary/aromatic N) is 4. The normalized spacial score (nSPS) is 23.2. The molecule has 3 aliphatic rings. The summed E-state index contributed by atoms with van der Waals surface area (Å²) in [6, 6.07) is 0.315. The zero-order valence-electron chi connectivity index (χ0n) is 15.9. The number of imidazole rings is 1. The molecule has 0 spiro atoms. The number of likely N-dealkylation sites (tertiary alicyclic amines) is 2. The number of hydrogen-bond donors (Lipinski definition) is 0. The summed E-state index contributed by atoms with van der Waals surface area (Å²) in [6.07, 6.45) is 9.44. The summed E-state index contributed by atoms with van der Waals surface area (Å²) in [4.78, 5) is 34.9. The lowest BCUT2D eigenvalue weighted by Gasteiger charge is -2.35. The molecule has 1 unspecified atom stereocenters. The lowest BCUT2D eigenvalue weighted by atomic mass is 9.99. The Bertz CT molecular complexity index is 690. The van der Waals surface area contributed by atoms with E-state index in [9.17, 15) is 9.59 Å². The van der Waals surface area contributed by atoms with Crippen molar-refractivity contribution in [3.63, 3.8) is 0 Å². The molecule has 2 saturated heterocycles. The monoisotopic (exact) mass is 358 g/mol. The molecule has 142 valence electrons. The number of hydrogen-bond acceptors (Lipinski definition) is 3. The number of rotatable bonds is 3. The minimum absolute atomic E-state index is 0.00962. The molecule has 0 aliphatic carbocycles. The van der Waals surface area contributed by atoms with Crippen molar-refractivity contribution in [1.82, 2.24) is 19.4 Å².